The van der Waals surface area contributed by atoms with Gasteiger partial charge in [0.05, 0.1) is 18.7 Å². The smallest absolute Gasteiger partial charge is 0.305 e. The minimum atomic E-state index is -0.795. The van der Waals surface area contributed by atoms with E-state index >= 15 is 0 Å². The largest absolute Gasteiger partial charge is 0.481 e. The Labute approximate surface area is 101 Å². The van der Waals surface area contributed by atoms with Gasteiger partial charge in [-0.05, 0) is 12.8 Å². The van der Waals surface area contributed by atoms with Crippen LogP contribution in [-0.4, -0.2) is 26.1 Å². The first-order valence-corrected chi connectivity index (χ1v) is 6.37. The molecular weight excluding hydrogens is 218 g/mol. The van der Waals surface area contributed by atoms with E-state index in [1.807, 2.05) is 6.20 Å². The van der Waals surface area contributed by atoms with Gasteiger partial charge in [-0.3, -0.25) is 9.48 Å². The second-order valence-corrected chi connectivity index (χ2v) is 4.74. The minimum Gasteiger partial charge on any atom is -0.481 e. The van der Waals surface area contributed by atoms with Crippen LogP contribution in [0.1, 0.15) is 56.6 Å². The third kappa shape index (κ3) is 3.54. The highest BCUT2D eigenvalue weighted by Crippen LogP contribution is 2.30. The Balaban J connectivity index is 1.94. The summed E-state index contributed by atoms with van der Waals surface area (Å²) in [6, 6.07) is 0. The van der Waals surface area contributed by atoms with Crippen LogP contribution in [0.4, 0.5) is 0 Å². The molecule has 1 fully saturated rings. The van der Waals surface area contributed by atoms with E-state index in [1.54, 1.807) is 4.68 Å². The van der Waals surface area contributed by atoms with Crippen molar-refractivity contribution in [2.45, 2.75) is 57.4 Å². The summed E-state index contributed by atoms with van der Waals surface area (Å²) in [5.41, 5.74) is 1.04. The molecule has 0 atom stereocenters. The van der Waals surface area contributed by atoms with Crippen LogP contribution in [0.25, 0.3) is 0 Å². The molecule has 5 heteroatoms. The number of hydrogen-bond donors (Lipinski definition) is 1. The van der Waals surface area contributed by atoms with Gasteiger partial charge in [0, 0.05) is 12.1 Å². The fraction of sp³-hybridized carbons (Fsp3) is 0.750. The van der Waals surface area contributed by atoms with Crippen molar-refractivity contribution < 1.29 is 9.90 Å². The summed E-state index contributed by atoms with van der Waals surface area (Å²) in [4.78, 5) is 10.5. The van der Waals surface area contributed by atoms with E-state index in [2.05, 4.69) is 10.3 Å². The van der Waals surface area contributed by atoms with E-state index in [-0.39, 0.29) is 6.42 Å². The molecule has 0 amide bonds. The Hall–Kier alpha value is -1.39. The molecule has 1 saturated carbocycles. The number of hydrogen-bond acceptors (Lipinski definition) is 3. The fourth-order valence-corrected chi connectivity index (χ4v) is 2.40. The predicted octanol–water partition coefficient (Wildman–Crippen LogP) is 2.19. The Morgan fingerprint density at radius 2 is 2.06 bits per heavy atom. The second-order valence-electron chi connectivity index (χ2n) is 4.74. The lowest BCUT2D eigenvalue weighted by Gasteiger charge is -2.08. The predicted molar refractivity (Wildman–Crippen MR) is 62.7 cm³/mol. The molecule has 1 heterocycles. The van der Waals surface area contributed by atoms with Crippen LogP contribution in [0.5, 0.6) is 0 Å². The lowest BCUT2D eigenvalue weighted by molar-refractivity contribution is -0.137. The lowest BCUT2D eigenvalue weighted by Crippen LogP contribution is -2.05. The first kappa shape index (κ1) is 12.1. The van der Waals surface area contributed by atoms with E-state index in [0.29, 0.717) is 12.5 Å². The van der Waals surface area contributed by atoms with E-state index in [1.165, 1.54) is 38.5 Å². The molecule has 1 aromatic heterocycles. The molecule has 1 aromatic rings. The summed E-state index contributed by atoms with van der Waals surface area (Å²) in [7, 11) is 0. The highest BCUT2D eigenvalue weighted by molar-refractivity contribution is 5.66. The molecule has 0 spiro atoms. The SMILES string of the molecule is O=C(O)CCn1cc(C2CCCCCC2)nn1. The molecule has 1 N–H and O–H groups in total. The normalized spacial score (nSPS) is 17.9. The van der Waals surface area contributed by atoms with Crippen LogP contribution in [0, 0.1) is 0 Å². The zero-order valence-electron chi connectivity index (χ0n) is 10.0. The molecule has 94 valence electrons. The Bertz CT molecular complexity index is 368. The molecule has 1 aliphatic rings. The van der Waals surface area contributed by atoms with Crippen molar-refractivity contribution in [2.24, 2.45) is 0 Å². The minimum absolute atomic E-state index is 0.105. The second kappa shape index (κ2) is 5.80. The average Bonchev–Trinajstić information content (AvgIpc) is 2.60. The maximum absolute atomic E-state index is 10.5. The van der Waals surface area contributed by atoms with E-state index in [9.17, 15) is 4.79 Å². The maximum atomic E-state index is 10.5. The first-order chi connectivity index (χ1) is 8.25. The van der Waals surface area contributed by atoms with Crippen LogP contribution >= 0.6 is 0 Å². The van der Waals surface area contributed by atoms with Crippen molar-refractivity contribution in [3.63, 3.8) is 0 Å². The zero-order valence-corrected chi connectivity index (χ0v) is 10.0. The number of aromatic nitrogens is 3. The molecule has 1 aliphatic carbocycles. The third-order valence-corrected chi connectivity index (χ3v) is 3.38. The van der Waals surface area contributed by atoms with Gasteiger partial charge in [0.2, 0.25) is 0 Å². The number of nitrogens with zero attached hydrogens (tertiary/aromatic N) is 3. The molecule has 17 heavy (non-hydrogen) atoms. The molecule has 0 radical (unpaired) electrons. The summed E-state index contributed by atoms with van der Waals surface area (Å²) in [5, 5.41) is 16.8. The quantitative estimate of drug-likeness (QED) is 0.815. The van der Waals surface area contributed by atoms with Gasteiger partial charge in [-0.1, -0.05) is 30.9 Å². The number of carboxylic acids is 1. The van der Waals surface area contributed by atoms with Crippen LogP contribution < -0.4 is 0 Å². The fourth-order valence-electron chi connectivity index (χ4n) is 2.40. The van der Waals surface area contributed by atoms with Crippen molar-refractivity contribution in [3.8, 4) is 0 Å². The van der Waals surface area contributed by atoms with Gasteiger partial charge >= 0.3 is 5.97 Å². The third-order valence-electron chi connectivity index (χ3n) is 3.38. The molecule has 0 bridgehead atoms. The maximum Gasteiger partial charge on any atom is 0.305 e. The summed E-state index contributed by atoms with van der Waals surface area (Å²) >= 11 is 0. The number of aliphatic carboxylic acids is 1. The molecular formula is C12H19N3O2. The van der Waals surface area contributed by atoms with Crippen LogP contribution in [0.2, 0.25) is 0 Å². The van der Waals surface area contributed by atoms with Crippen molar-refractivity contribution >= 4 is 5.97 Å². The van der Waals surface area contributed by atoms with Crippen LogP contribution in [0.15, 0.2) is 6.20 Å². The molecule has 0 aliphatic heterocycles. The Morgan fingerprint density at radius 3 is 2.71 bits per heavy atom. The lowest BCUT2D eigenvalue weighted by atomic mass is 9.97. The standard InChI is InChI=1S/C12H19N3O2/c16-12(17)7-8-15-9-11(13-14-15)10-5-3-1-2-4-6-10/h9-10H,1-8H2,(H,16,17). The monoisotopic (exact) mass is 237 g/mol. The molecule has 0 saturated heterocycles. The van der Waals surface area contributed by atoms with E-state index < -0.39 is 5.97 Å². The van der Waals surface area contributed by atoms with Gasteiger partial charge in [0.25, 0.3) is 0 Å². The van der Waals surface area contributed by atoms with E-state index in [4.69, 9.17) is 5.11 Å². The Morgan fingerprint density at radius 1 is 1.35 bits per heavy atom. The van der Waals surface area contributed by atoms with Crippen molar-refractivity contribution in [2.75, 3.05) is 0 Å². The number of aryl methyl sites for hydroxylation is 1. The molecule has 0 aromatic carbocycles. The van der Waals surface area contributed by atoms with Crippen molar-refractivity contribution in [1.82, 2.24) is 15.0 Å². The Kier molecular flexibility index (Phi) is 4.12. The highest BCUT2D eigenvalue weighted by atomic mass is 16.4. The molecule has 2 rings (SSSR count). The average molecular weight is 237 g/mol. The van der Waals surface area contributed by atoms with Crippen LogP contribution in [0.3, 0.4) is 0 Å². The van der Waals surface area contributed by atoms with Gasteiger partial charge in [-0.25, -0.2) is 0 Å². The van der Waals surface area contributed by atoms with Gasteiger partial charge in [-0.2, -0.15) is 0 Å². The number of carboxylic acid groups (broad SMARTS) is 1. The molecule has 5 nitrogen and oxygen atoms in total. The topological polar surface area (TPSA) is 68.0 Å². The van der Waals surface area contributed by atoms with E-state index in [0.717, 1.165) is 5.69 Å². The van der Waals surface area contributed by atoms with Gasteiger partial charge < -0.3 is 5.11 Å². The van der Waals surface area contributed by atoms with Gasteiger partial charge in [-0.15, -0.1) is 5.10 Å². The summed E-state index contributed by atoms with van der Waals surface area (Å²) in [5.74, 6) is -0.271. The molecule has 0 unspecified atom stereocenters. The number of carbonyl (C=O) groups is 1. The number of rotatable bonds is 4. The first-order valence-electron chi connectivity index (χ1n) is 6.37. The van der Waals surface area contributed by atoms with Gasteiger partial charge in [0.1, 0.15) is 0 Å². The van der Waals surface area contributed by atoms with Gasteiger partial charge in [0.15, 0.2) is 0 Å². The summed E-state index contributed by atoms with van der Waals surface area (Å²) < 4.78 is 1.65. The zero-order chi connectivity index (χ0) is 12.1. The summed E-state index contributed by atoms with van der Waals surface area (Å²) in [6.45, 7) is 0.412. The van der Waals surface area contributed by atoms with Crippen molar-refractivity contribution in [1.29, 1.82) is 0 Å². The van der Waals surface area contributed by atoms with Crippen molar-refractivity contribution in [3.05, 3.63) is 11.9 Å². The highest BCUT2D eigenvalue weighted by Gasteiger charge is 2.17. The van der Waals surface area contributed by atoms with Crippen LogP contribution in [-0.2, 0) is 11.3 Å². The summed E-state index contributed by atoms with van der Waals surface area (Å²) in [6.07, 6.45) is 9.59.